The lowest BCUT2D eigenvalue weighted by molar-refractivity contribution is 0.101. The molecular formula is C20H32O4S. The molecule has 0 spiro atoms. The van der Waals surface area contributed by atoms with Crippen molar-refractivity contribution in [3.05, 3.63) is 29.3 Å². The van der Waals surface area contributed by atoms with E-state index in [1.54, 1.807) is 6.07 Å². The number of hydrogen-bond acceptors (Lipinski definition) is 3. The van der Waals surface area contributed by atoms with E-state index in [-0.39, 0.29) is 10.7 Å². The molecule has 0 saturated carbocycles. The van der Waals surface area contributed by atoms with Crippen molar-refractivity contribution in [3.63, 3.8) is 0 Å². The Kier molecular flexibility index (Phi) is 9.98. The van der Waals surface area contributed by atoms with Gasteiger partial charge in [0.1, 0.15) is 0 Å². The van der Waals surface area contributed by atoms with Gasteiger partial charge in [0.15, 0.2) is 5.78 Å². The van der Waals surface area contributed by atoms with Crippen molar-refractivity contribution in [1.82, 2.24) is 0 Å². The number of hydrogen-bond donors (Lipinski definition) is 1. The molecule has 4 nitrogen and oxygen atoms in total. The number of carbonyl (C=O) groups excluding carboxylic acids is 1. The average molecular weight is 369 g/mol. The highest BCUT2D eigenvalue weighted by atomic mass is 32.2. The van der Waals surface area contributed by atoms with Gasteiger partial charge in [-0.05, 0) is 31.4 Å². The molecule has 0 aliphatic heterocycles. The Morgan fingerprint density at radius 2 is 1.44 bits per heavy atom. The molecule has 142 valence electrons. The van der Waals surface area contributed by atoms with E-state index in [2.05, 4.69) is 6.92 Å². The molecule has 0 saturated heterocycles. The standard InChI is InChI=1S/C20H32O4S/c1-3-4-5-6-7-8-9-10-11-12-14-19-18(17(2)21)15-13-16-20(19)25(22,23)24/h13,15-16H,3-12,14H2,1-2H3,(H,22,23,24). The molecule has 0 heterocycles. The summed E-state index contributed by atoms with van der Waals surface area (Å²) in [6, 6.07) is 4.50. The van der Waals surface area contributed by atoms with Crippen LogP contribution in [0.25, 0.3) is 0 Å². The first-order chi connectivity index (χ1) is 11.9. The highest BCUT2D eigenvalue weighted by molar-refractivity contribution is 7.85. The third-order valence-electron chi connectivity index (χ3n) is 4.57. The third-order valence-corrected chi connectivity index (χ3v) is 5.51. The smallest absolute Gasteiger partial charge is 0.294 e. The predicted octanol–water partition coefficient (Wildman–Crippen LogP) is 5.60. The molecule has 0 aliphatic rings. The Bertz CT molecular complexity index is 635. The van der Waals surface area contributed by atoms with Gasteiger partial charge in [0.25, 0.3) is 10.1 Å². The van der Waals surface area contributed by atoms with Crippen molar-refractivity contribution in [2.75, 3.05) is 0 Å². The second kappa shape index (κ2) is 11.4. The number of unbranched alkanes of at least 4 members (excludes halogenated alkanes) is 9. The summed E-state index contributed by atoms with van der Waals surface area (Å²) in [5, 5.41) is 0. The van der Waals surface area contributed by atoms with Crippen LogP contribution in [0.3, 0.4) is 0 Å². The van der Waals surface area contributed by atoms with Gasteiger partial charge >= 0.3 is 0 Å². The Balaban J connectivity index is 2.45. The van der Waals surface area contributed by atoms with Crippen LogP contribution < -0.4 is 0 Å². The minimum absolute atomic E-state index is 0.129. The molecule has 1 N–H and O–H groups in total. The van der Waals surface area contributed by atoms with E-state index < -0.39 is 10.1 Å². The number of Topliss-reactive ketones (excluding diaryl/α,β-unsaturated/α-hetero) is 1. The minimum atomic E-state index is -4.30. The van der Waals surface area contributed by atoms with Crippen LogP contribution in [0.2, 0.25) is 0 Å². The van der Waals surface area contributed by atoms with E-state index in [1.165, 1.54) is 64.0 Å². The zero-order valence-corrected chi connectivity index (χ0v) is 16.4. The van der Waals surface area contributed by atoms with Gasteiger partial charge in [-0.1, -0.05) is 76.8 Å². The number of benzene rings is 1. The van der Waals surface area contributed by atoms with Crippen molar-refractivity contribution < 1.29 is 17.8 Å². The van der Waals surface area contributed by atoms with E-state index >= 15 is 0 Å². The van der Waals surface area contributed by atoms with Crippen molar-refractivity contribution in [3.8, 4) is 0 Å². The predicted molar refractivity (Wildman–Crippen MR) is 102 cm³/mol. The van der Waals surface area contributed by atoms with E-state index in [0.717, 1.165) is 19.3 Å². The van der Waals surface area contributed by atoms with Gasteiger partial charge in [0, 0.05) is 5.56 Å². The molecule has 1 aromatic rings. The maximum Gasteiger partial charge on any atom is 0.294 e. The second-order valence-electron chi connectivity index (χ2n) is 6.75. The summed E-state index contributed by atoms with van der Waals surface area (Å²) in [5.41, 5.74) is 0.850. The lowest BCUT2D eigenvalue weighted by Crippen LogP contribution is -2.09. The third kappa shape index (κ3) is 8.15. The second-order valence-corrected chi connectivity index (χ2v) is 8.14. The highest BCUT2D eigenvalue weighted by Gasteiger charge is 2.19. The van der Waals surface area contributed by atoms with Crippen molar-refractivity contribution in [2.24, 2.45) is 0 Å². The van der Waals surface area contributed by atoms with Crippen LogP contribution in [-0.4, -0.2) is 18.8 Å². The van der Waals surface area contributed by atoms with E-state index in [9.17, 15) is 17.8 Å². The first-order valence-corrected chi connectivity index (χ1v) is 10.9. The summed E-state index contributed by atoms with van der Waals surface area (Å²) in [6.45, 7) is 3.64. The van der Waals surface area contributed by atoms with Crippen LogP contribution in [0, 0.1) is 0 Å². The quantitative estimate of drug-likeness (QED) is 0.279. The molecule has 1 rings (SSSR count). The Labute approximate surface area is 152 Å². The molecule has 0 atom stereocenters. The maximum atomic E-state index is 11.8. The number of carbonyl (C=O) groups is 1. The zero-order valence-electron chi connectivity index (χ0n) is 15.6. The molecule has 0 aromatic heterocycles. The van der Waals surface area contributed by atoms with Gasteiger partial charge < -0.3 is 0 Å². The monoisotopic (exact) mass is 368 g/mol. The first kappa shape index (κ1) is 21.8. The fourth-order valence-corrected chi connectivity index (χ4v) is 3.96. The lowest BCUT2D eigenvalue weighted by atomic mass is 9.98. The molecule has 0 radical (unpaired) electrons. The molecule has 0 amide bonds. The average Bonchev–Trinajstić information content (AvgIpc) is 2.55. The molecule has 0 aliphatic carbocycles. The van der Waals surface area contributed by atoms with Crippen molar-refractivity contribution >= 4 is 15.9 Å². The molecule has 5 heteroatoms. The summed E-state index contributed by atoms with van der Waals surface area (Å²) in [6.07, 6.45) is 12.4. The van der Waals surface area contributed by atoms with Gasteiger partial charge in [-0.25, -0.2) is 0 Å². The molecule has 0 unspecified atom stereocenters. The molecular weight excluding hydrogens is 336 g/mol. The van der Waals surface area contributed by atoms with Gasteiger partial charge in [-0.15, -0.1) is 0 Å². The van der Waals surface area contributed by atoms with Crippen LogP contribution in [0.15, 0.2) is 23.1 Å². The normalized spacial score (nSPS) is 11.6. The van der Waals surface area contributed by atoms with Gasteiger partial charge in [0.2, 0.25) is 0 Å². The zero-order chi connectivity index (χ0) is 18.7. The maximum absolute atomic E-state index is 11.8. The Morgan fingerprint density at radius 1 is 0.920 bits per heavy atom. The Morgan fingerprint density at radius 3 is 1.92 bits per heavy atom. The van der Waals surface area contributed by atoms with Crippen LogP contribution in [-0.2, 0) is 16.5 Å². The summed E-state index contributed by atoms with van der Waals surface area (Å²) in [5.74, 6) is -0.174. The Hall–Kier alpha value is -1.20. The topological polar surface area (TPSA) is 71.4 Å². The van der Waals surface area contributed by atoms with Crippen LogP contribution in [0.5, 0.6) is 0 Å². The van der Waals surface area contributed by atoms with Crippen LogP contribution in [0.1, 0.15) is 94.0 Å². The summed E-state index contributed by atoms with van der Waals surface area (Å²) in [4.78, 5) is 11.6. The van der Waals surface area contributed by atoms with Gasteiger partial charge in [-0.3, -0.25) is 9.35 Å². The number of ketones is 1. The van der Waals surface area contributed by atoms with Gasteiger partial charge in [0.05, 0.1) is 4.90 Å². The summed E-state index contributed by atoms with van der Waals surface area (Å²) >= 11 is 0. The fourth-order valence-electron chi connectivity index (χ4n) is 3.18. The summed E-state index contributed by atoms with van der Waals surface area (Å²) < 4.78 is 32.5. The van der Waals surface area contributed by atoms with Crippen molar-refractivity contribution in [2.45, 2.75) is 89.4 Å². The molecule has 1 aromatic carbocycles. The minimum Gasteiger partial charge on any atom is -0.295 e. The van der Waals surface area contributed by atoms with Crippen molar-refractivity contribution in [1.29, 1.82) is 0 Å². The summed E-state index contributed by atoms with van der Waals surface area (Å²) in [7, 11) is -4.30. The van der Waals surface area contributed by atoms with E-state index in [0.29, 0.717) is 17.5 Å². The van der Waals surface area contributed by atoms with Gasteiger partial charge in [-0.2, -0.15) is 8.42 Å². The molecule has 0 fully saturated rings. The molecule has 25 heavy (non-hydrogen) atoms. The van der Waals surface area contributed by atoms with Crippen LogP contribution in [0.4, 0.5) is 0 Å². The fraction of sp³-hybridized carbons (Fsp3) is 0.650. The lowest BCUT2D eigenvalue weighted by Gasteiger charge is -2.11. The first-order valence-electron chi connectivity index (χ1n) is 9.48. The SMILES string of the molecule is CCCCCCCCCCCCc1c(C(C)=O)cccc1S(=O)(=O)O. The largest absolute Gasteiger partial charge is 0.295 e. The molecule has 0 bridgehead atoms. The van der Waals surface area contributed by atoms with E-state index in [4.69, 9.17) is 0 Å². The highest BCUT2D eigenvalue weighted by Crippen LogP contribution is 2.23. The number of rotatable bonds is 13. The van der Waals surface area contributed by atoms with Crippen LogP contribution >= 0.6 is 0 Å². The van der Waals surface area contributed by atoms with E-state index in [1.807, 2.05) is 0 Å².